The molecule has 0 bridgehead atoms. The summed E-state index contributed by atoms with van der Waals surface area (Å²) in [5, 5.41) is 6.85. The predicted octanol–water partition coefficient (Wildman–Crippen LogP) is 0.462. The number of nitrogens with two attached hydrogens (primary N) is 1. The van der Waals surface area contributed by atoms with Crippen molar-refractivity contribution in [3.63, 3.8) is 0 Å². The minimum Gasteiger partial charge on any atom is -0.396 e. The first-order chi connectivity index (χ1) is 8.41. The van der Waals surface area contributed by atoms with Gasteiger partial charge in [0.05, 0.1) is 5.69 Å². The van der Waals surface area contributed by atoms with Crippen molar-refractivity contribution in [3.8, 4) is 0 Å². The lowest BCUT2D eigenvalue weighted by Crippen LogP contribution is -2.31. The highest BCUT2D eigenvalue weighted by Gasteiger charge is 2.13. The van der Waals surface area contributed by atoms with Crippen LogP contribution in [0.1, 0.15) is 30.8 Å². The van der Waals surface area contributed by atoms with Gasteiger partial charge in [0.15, 0.2) is 5.69 Å². The van der Waals surface area contributed by atoms with Gasteiger partial charge in [-0.2, -0.15) is 5.10 Å². The van der Waals surface area contributed by atoms with E-state index in [0.29, 0.717) is 24.0 Å². The molecule has 0 atom stereocenters. The van der Waals surface area contributed by atoms with E-state index in [-0.39, 0.29) is 5.91 Å². The lowest BCUT2D eigenvalue weighted by Gasteiger charge is -2.20. The van der Waals surface area contributed by atoms with Gasteiger partial charge in [-0.05, 0) is 33.9 Å². The summed E-state index contributed by atoms with van der Waals surface area (Å²) in [5.41, 5.74) is 6.39. The fourth-order valence-corrected chi connectivity index (χ4v) is 1.56. The lowest BCUT2D eigenvalue weighted by molar-refractivity contribution is 0.0947. The molecule has 6 heteroatoms. The van der Waals surface area contributed by atoms with E-state index in [9.17, 15) is 4.79 Å². The first-order valence-electron chi connectivity index (χ1n) is 6.19. The number of rotatable bonds is 6. The normalized spacial score (nSPS) is 11.2. The molecule has 3 N–H and O–H groups in total. The van der Waals surface area contributed by atoms with Crippen LogP contribution in [0.2, 0.25) is 0 Å². The summed E-state index contributed by atoms with van der Waals surface area (Å²) in [4.78, 5) is 14.0. The molecule has 1 aromatic rings. The Morgan fingerprint density at radius 1 is 1.61 bits per heavy atom. The lowest BCUT2D eigenvalue weighted by atomic mass is 10.3. The van der Waals surface area contributed by atoms with E-state index in [1.807, 2.05) is 0 Å². The molecule has 0 unspecified atom stereocenters. The van der Waals surface area contributed by atoms with Crippen LogP contribution < -0.4 is 11.1 Å². The van der Waals surface area contributed by atoms with Gasteiger partial charge in [-0.3, -0.25) is 9.48 Å². The number of carbonyl (C=O) groups excluding carboxylic acids is 1. The number of aryl methyl sites for hydroxylation is 1. The van der Waals surface area contributed by atoms with Gasteiger partial charge in [-0.1, -0.05) is 0 Å². The average Bonchev–Trinajstić information content (AvgIpc) is 2.63. The Kier molecular flexibility index (Phi) is 5.15. The number of carbonyl (C=O) groups is 1. The van der Waals surface area contributed by atoms with Gasteiger partial charge in [0.25, 0.3) is 5.91 Å². The Labute approximate surface area is 108 Å². The van der Waals surface area contributed by atoms with E-state index < -0.39 is 0 Å². The van der Waals surface area contributed by atoms with Crippen molar-refractivity contribution in [1.82, 2.24) is 20.0 Å². The molecule has 1 amide bonds. The van der Waals surface area contributed by atoms with Crippen molar-refractivity contribution in [2.24, 2.45) is 7.05 Å². The summed E-state index contributed by atoms with van der Waals surface area (Å²) < 4.78 is 1.54. The molecule has 1 heterocycles. The minimum atomic E-state index is -0.208. The predicted molar refractivity (Wildman–Crippen MR) is 72.3 cm³/mol. The average molecular weight is 253 g/mol. The standard InChI is InChI=1S/C12H23N5O/c1-9(2)16(3)7-5-6-14-12(18)11-10(13)8-17(4)15-11/h8-9H,5-7,13H2,1-4H3,(H,14,18). The van der Waals surface area contributed by atoms with E-state index in [1.54, 1.807) is 13.2 Å². The number of aromatic nitrogens is 2. The number of nitrogens with one attached hydrogen (secondary N) is 1. The molecule has 0 aliphatic carbocycles. The molecule has 0 saturated carbocycles. The monoisotopic (exact) mass is 253 g/mol. The third kappa shape index (κ3) is 4.03. The molecule has 0 spiro atoms. The second-order valence-electron chi connectivity index (χ2n) is 4.79. The van der Waals surface area contributed by atoms with E-state index in [0.717, 1.165) is 13.0 Å². The Morgan fingerprint density at radius 3 is 2.78 bits per heavy atom. The Balaban J connectivity index is 2.32. The van der Waals surface area contributed by atoms with Crippen LogP contribution in [-0.4, -0.2) is 46.8 Å². The maximum absolute atomic E-state index is 11.8. The Morgan fingerprint density at radius 2 is 2.28 bits per heavy atom. The maximum Gasteiger partial charge on any atom is 0.273 e. The molecule has 0 aliphatic rings. The van der Waals surface area contributed by atoms with Crippen molar-refractivity contribution >= 4 is 11.6 Å². The Hall–Kier alpha value is -1.56. The number of nitrogens with zero attached hydrogens (tertiary/aromatic N) is 3. The molecular weight excluding hydrogens is 230 g/mol. The third-order valence-electron chi connectivity index (χ3n) is 2.93. The molecular formula is C12H23N5O. The zero-order valence-corrected chi connectivity index (χ0v) is 11.6. The smallest absolute Gasteiger partial charge is 0.273 e. The van der Waals surface area contributed by atoms with Gasteiger partial charge >= 0.3 is 0 Å². The molecule has 0 aliphatic heterocycles. The van der Waals surface area contributed by atoms with E-state index in [4.69, 9.17) is 5.73 Å². The molecule has 0 aromatic carbocycles. The quantitative estimate of drug-likeness (QED) is 0.722. The van der Waals surface area contributed by atoms with Crippen LogP contribution in [0, 0.1) is 0 Å². The van der Waals surface area contributed by atoms with Gasteiger partial charge in [0.1, 0.15) is 0 Å². The fraction of sp³-hybridized carbons (Fsp3) is 0.667. The zero-order chi connectivity index (χ0) is 13.7. The number of hydrogen-bond donors (Lipinski definition) is 2. The zero-order valence-electron chi connectivity index (χ0n) is 11.6. The fourth-order valence-electron chi connectivity index (χ4n) is 1.56. The topological polar surface area (TPSA) is 76.2 Å². The molecule has 6 nitrogen and oxygen atoms in total. The van der Waals surface area contributed by atoms with Gasteiger partial charge < -0.3 is 16.0 Å². The summed E-state index contributed by atoms with van der Waals surface area (Å²) >= 11 is 0. The Bertz CT molecular complexity index is 399. The SMILES string of the molecule is CC(C)N(C)CCCNC(=O)c1nn(C)cc1N. The highest BCUT2D eigenvalue weighted by atomic mass is 16.1. The summed E-state index contributed by atoms with van der Waals surface area (Å²) in [6, 6.07) is 0.520. The molecule has 0 fully saturated rings. The molecule has 0 radical (unpaired) electrons. The highest BCUT2D eigenvalue weighted by molar-refractivity contribution is 5.96. The van der Waals surface area contributed by atoms with Crippen LogP contribution in [0.15, 0.2) is 6.20 Å². The van der Waals surface area contributed by atoms with E-state index in [1.165, 1.54) is 4.68 Å². The van der Waals surface area contributed by atoms with Crippen molar-refractivity contribution in [3.05, 3.63) is 11.9 Å². The maximum atomic E-state index is 11.8. The van der Waals surface area contributed by atoms with Crippen LogP contribution in [-0.2, 0) is 7.05 Å². The first-order valence-corrected chi connectivity index (χ1v) is 6.19. The van der Waals surface area contributed by atoms with Crippen LogP contribution in [0.3, 0.4) is 0 Å². The van der Waals surface area contributed by atoms with Crippen molar-refractivity contribution < 1.29 is 4.79 Å². The molecule has 0 saturated heterocycles. The molecule has 18 heavy (non-hydrogen) atoms. The van der Waals surface area contributed by atoms with E-state index in [2.05, 4.69) is 36.2 Å². The van der Waals surface area contributed by atoms with Gasteiger partial charge in [-0.15, -0.1) is 0 Å². The summed E-state index contributed by atoms with van der Waals surface area (Å²) in [5.74, 6) is -0.208. The van der Waals surface area contributed by atoms with Gasteiger partial charge in [-0.25, -0.2) is 0 Å². The second-order valence-corrected chi connectivity index (χ2v) is 4.79. The summed E-state index contributed by atoms with van der Waals surface area (Å²) in [7, 11) is 3.81. The number of nitrogen functional groups attached to an aromatic ring is 1. The van der Waals surface area contributed by atoms with Crippen LogP contribution in [0.25, 0.3) is 0 Å². The third-order valence-corrected chi connectivity index (χ3v) is 2.93. The molecule has 1 aromatic heterocycles. The van der Waals surface area contributed by atoms with Crippen molar-refractivity contribution in [2.45, 2.75) is 26.3 Å². The second kappa shape index (κ2) is 6.39. The van der Waals surface area contributed by atoms with Crippen LogP contribution in [0.4, 0.5) is 5.69 Å². The highest BCUT2D eigenvalue weighted by Crippen LogP contribution is 2.07. The summed E-state index contributed by atoms with van der Waals surface area (Å²) in [6.45, 7) is 5.88. The van der Waals surface area contributed by atoms with Crippen LogP contribution in [0.5, 0.6) is 0 Å². The largest absolute Gasteiger partial charge is 0.396 e. The number of hydrogen-bond acceptors (Lipinski definition) is 4. The first kappa shape index (κ1) is 14.5. The van der Waals surface area contributed by atoms with Gasteiger partial charge in [0.2, 0.25) is 0 Å². The van der Waals surface area contributed by atoms with E-state index >= 15 is 0 Å². The van der Waals surface area contributed by atoms with Crippen molar-refractivity contribution in [1.29, 1.82) is 0 Å². The number of amides is 1. The molecule has 102 valence electrons. The minimum absolute atomic E-state index is 0.208. The summed E-state index contributed by atoms with van der Waals surface area (Å²) in [6.07, 6.45) is 2.54. The molecule has 1 rings (SSSR count). The number of anilines is 1. The van der Waals surface area contributed by atoms with Gasteiger partial charge in [0, 0.05) is 25.8 Å². The van der Waals surface area contributed by atoms with Crippen LogP contribution >= 0.6 is 0 Å². The van der Waals surface area contributed by atoms with Crippen molar-refractivity contribution in [2.75, 3.05) is 25.9 Å².